The van der Waals surface area contributed by atoms with Crippen LogP contribution in [-0.2, 0) is 10.3 Å². The fourth-order valence-corrected chi connectivity index (χ4v) is 2.88. The second kappa shape index (κ2) is 4.76. The van der Waals surface area contributed by atoms with Gasteiger partial charge in [-0.1, -0.05) is 6.92 Å². The van der Waals surface area contributed by atoms with Gasteiger partial charge in [0.05, 0.1) is 0 Å². The minimum absolute atomic E-state index is 0.203. The van der Waals surface area contributed by atoms with E-state index >= 15 is 0 Å². The Kier molecular flexibility index (Phi) is 3.22. The normalized spacial score (nSPS) is 35.8. The van der Waals surface area contributed by atoms with Crippen molar-refractivity contribution in [2.45, 2.75) is 44.8 Å². The van der Waals surface area contributed by atoms with Gasteiger partial charge in [-0.05, 0) is 32.1 Å². The molecule has 3 heterocycles. The number of rotatable bonds is 2. The van der Waals surface area contributed by atoms with Gasteiger partial charge in [0, 0.05) is 25.7 Å². The first-order valence-corrected chi connectivity index (χ1v) is 7.16. The highest BCUT2D eigenvalue weighted by Gasteiger charge is 2.36. The molecule has 2 aliphatic rings. The Hall–Kier alpha value is -1.14. The molecule has 0 aliphatic carbocycles. The molecule has 0 amide bonds. The molecule has 2 fully saturated rings. The third-order valence-corrected chi connectivity index (χ3v) is 4.49. The molecule has 6 heteroatoms. The predicted octanol–water partition coefficient (Wildman–Crippen LogP) is 1.00. The maximum atomic E-state index is 6.13. The lowest BCUT2D eigenvalue weighted by Gasteiger charge is -2.34. The molecule has 19 heavy (non-hydrogen) atoms. The zero-order valence-electron chi connectivity index (χ0n) is 11.7. The number of H-pyrrole nitrogens is 1. The van der Waals surface area contributed by atoms with Crippen molar-refractivity contribution in [3.8, 4) is 0 Å². The van der Waals surface area contributed by atoms with Gasteiger partial charge in [0.1, 0.15) is 5.60 Å². The summed E-state index contributed by atoms with van der Waals surface area (Å²) in [4.78, 5) is 6.80. The van der Waals surface area contributed by atoms with Gasteiger partial charge in [-0.2, -0.15) is 4.98 Å². The standard InChI is InChI=1S/C13H23N5O/c1-9-4-6-18(8-10(9)14)12-15-11(16-17-12)13(2)5-3-7-19-13/h9-10H,3-8,14H2,1-2H3,(H,15,16,17). The summed E-state index contributed by atoms with van der Waals surface area (Å²) in [6.45, 7) is 6.89. The summed E-state index contributed by atoms with van der Waals surface area (Å²) in [5.41, 5.74) is 5.83. The van der Waals surface area contributed by atoms with Crippen molar-refractivity contribution in [3.63, 3.8) is 0 Å². The van der Waals surface area contributed by atoms with Crippen molar-refractivity contribution in [2.75, 3.05) is 24.6 Å². The lowest BCUT2D eigenvalue weighted by molar-refractivity contribution is 0.00966. The van der Waals surface area contributed by atoms with E-state index in [1.54, 1.807) is 0 Å². The number of hydrogen-bond donors (Lipinski definition) is 2. The Balaban J connectivity index is 1.74. The number of ether oxygens (including phenoxy) is 1. The first-order valence-electron chi connectivity index (χ1n) is 7.16. The van der Waals surface area contributed by atoms with Crippen LogP contribution < -0.4 is 10.6 Å². The molecule has 106 valence electrons. The molecule has 0 aromatic carbocycles. The first kappa shape index (κ1) is 12.9. The summed E-state index contributed by atoms with van der Waals surface area (Å²) in [5, 5.41) is 7.39. The number of aromatic nitrogens is 3. The van der Waals surface area contributed by atoms with Crippen molar-refractivity contribution in [3.05, 3.63) is 5.82 Å². The molecule has 2 saturated heterocycles. The Morgan fingerprint density at radius 3 is 3.05 bits per heavy atom. The first-order chi connectivity index (χ1) is 9.08. The molecule has 3 atom stereocenters. The highest BCUT2D eigenvalue weighted by Crippen LogP contribution is 2.34. The van der Waals surface area contributed by atoms with Gasteiger partial charge < -0.3 is 15.4 Å². The third kappa shape index (κ3) is 2.34. The molecule has 1 aromatic rings. The van der Waals surface area contributed by atoms with Gasteiger partial charge >= 0.3 is 0 Å². The number of nitrogens with two attached hydrogens (primary N) is 1. The van der Waals surface area contributed by atoms with Crippen molar-refractivity contribution in [1.82, 2.24) is 15.2 Å². The van der Waals surface area contributed by atoms with E-state index in [4.69, 9.17) is 10.5 Å². The molecular formula is C13H23N5O. The zero-order valence-corrected chi connectivity index (χ0v) is 11.7. The minimum atomic E-state index is -0.295. The number of nitrogens with one attached hydrogen (secondary N) is 1. The molecule has 3 unspecified atom stereocenters. The van der Waals surface area contributed by atoms with E-state index in [0.717, 1.165) is 50.7 Å². The Morgan fingerprint density at radius 2 is 2.37 bits per heavy atom. The van der Waals surface area contributed by atoms with Crippen molar-refractivity contribution >= 4 is 5.95 Å². The van der Waals surface area contributed by atoms with E-state index in [1.165, 1.54) is 0 Å². The van der Waals surface area contributed by atoms with E-state index in [1.807, 2.05) is 0 Å². The number of hydrogen-bond acceptors (Lipinski definition) is 5. The van der Waals surface area contributed by atoms with Crippen LogP contribution in [0.2, 0.25) is 0 Å². The average Bonchev–Trinajstić information content (AvgIpc) is 3.02. The maximum Gasteiger partial charge on any atom is 0.244 e. The van der Waals surface area contributed by atoms with Crippen LogP contribution in [0.5, 0.6) is 0 Å². The average molecular weight is 265 g/mol. The minimum Gasteiger partial charge on any atom is -0.367 e. The molecule has 0 spiro atoms. The van der Waals surface area contributed by atoms with Crippen LogP contribution in [0.1, 0.15) is 38.9 Å². The second-order valence-electron chi connectivity index (χ2n) is 6.04. The number of aromatic amines is 1. The van der Waals surface area contributed by atoms with Crippen LogP contribution in [0.4, 0.5) is 5.95 Å². The van der Waals surface area contributed by atoms with Crippen LogP contribution in [0, 0.1) is 5.92 Å². The highest BCUT2D eigenvalue weighted by molar-refractivity contribution is 5.31. The lowest BCUT2D eigenvalue weighted by atomic mass is 9.95. The monoisotopic (exact) mass is 265 g/mol. The van der Waals surface area contributed by atoms with Crippen LogP contribution in [-0.4, -0.2) is 40.9 Å². The van der Waals surface area contributed by atoms with Crippen LogP contribution in [0.15, 0.2) is 0 Å². The van der Waals surface area contributed by atoms with E-state index in [0.29, 0.717) is 5.92 Å². The SMILES string of the molecule is CC1CCN(c2n[nH]c(C3(C)CCCO3)n2)CC1N. The molecule has 3 N–H and O–H groups in total. The van der Waals surface area contributed by atoms with E-state index in [9.17, 15) is 0 Å². The summed E-state index contributed by atoms with van der Waals surface area (Å²) in [5.74, 6) is 2.17. The largest absolute Gasteiger partial charge is 0.367 e. The van der Waals surface area contributed by atoms with Gasteiger partial charge in [0.25, 0.3) is 0 Å². The topological polar surface area (TPSA) is 80.1 Å². The van der Waals surface area contributed by atoms with Crippen molar-refractivity contribution in [1.29, 1.82) is 0 Å². The van der Waals surface area contributed by atoms with Crippen molar-refractivity contribution in [2.24, 2.45) is 11.7 Å². The van der Waals surface area contributed by atoms with Crippen LogP contribution in [0.25, 0.3) is 0 Å². The number of anilines is 1. The summed E-state index contributed by atoms with van der Waals surface area (Å²) >= 11 is 0. The second-order valence-corrected chi connectivity index (χ2v) is 6.04. The summed E-state index contributed by atoms with van der Waals surface area (Å²) < 4.78 is 5.79. The van der Waals surface area contributed by atoms with Crippen molar-refractivity contribution < 1.29 is 4.74 Å². The van der Waals surface area contributed by atoms with Gasteiger partial charge in [-0.15, -0.1) is 5.10 Å². The third-order valence-electron chi connectivity index (χ3n) is 4.49. The highest BCUT2D eigenvalue weighted by atomic mass is 16.5. The molecule has 0 bridgehead atoms. The zero-order chi connectivity index (χ0) is 13.5. The number of piperidine rings is 1. The van der Waals surface area contributed by atoms with Gasteiger partial charge in [0.15, 0.2) is 5.82 Å². The van der Waals surface area contributed by atoms with Gasteiger partial charge in [-0.3, -0.25) is 5.10 Å². The molecule has 1 aromatic heterocycles. The molecular weight excluding hydrogens is 242 g/mol. The fraction of sp³-hybridized carbons (Fsp3) is 0.846. The molecule has 3 rings (SSSR count). The lowest BCUT2D eigenvalue weighted by Crippen LogP contribution is -2.48. The maximum absolute atomic E-state index is 6.13. The van der Waals surface area contributed by atoms with Crippen LogP contribution >= 0.6 is 0 Å². The Bertz CT molecular complexity index is 440. The van der Waals surface area contributed by atoms with Crippen LogP contribution in [0.3, 0.4) is 0 Å². The molecule has 2 aliphatic heterocycles. The van der Waals surface area contributed by atoms with E-state index in [-0.39, 0.29) is 11.6 Å². The molecule has 0 radical (unpaired) electrons. The van der Waals surface area contributed by atoms with Gasteiger partial charge in [0.2, 0.25) is 5.95 Å². The number of nitrogens with zero attached hydrogens (tertiary/aromatic N) is 3. The van der Waals surface area contributed by atoms with E-state index < -0.39 is 0 Å². The fourth-order valence-electron chi connectivity index (χ4n) is 2.88. The summed E-state index contributed by atoms with van der Waals surface area (Å²) in [6.07, 6.45) is 3.18. The smallest absolute Gasteiger partial charge is 0.244 e. The quantitative estimate of drug-likeness (QED) is 0.834. The van der Waals surface area contributed by atoms with E-state index in [2.05, 4.69) is 33.9 Å². The molecule has 0 saturated carbocycles. The Morgan fingerprint density at radius 1 is 1.53 bits per heavy atom. The Labute approximate surface area is 113 Å². The van der Waals surface area contributed by atoms with Gasteiger partial charge in [-0.25, -0.2) is 0 Å². The summed E-state index contributed by atoms with van der Waals surface area (Å²) in [6, 6.07) is 0.203. The predicted molar refractivity (Wildman–Crippen MR) is 72.9 cm³/mol. The summed E-state index contributed by atoms with van der Waals surface area (Å²) in [7, 11) is 0. The molecule has 6 nitrogen and oxygen atoms in total.